The summed E-state index contributed by atoms with van der Waals surface area (Å²) in [7, 11) is 1.37. The molecule has 0 unspecified atom stereocenters. The molecule has 0 atom stereocenters. The fourth-order valence-electron chi connectivity index (χ4n) is 3.45. The first-order chi connectivity index (χ1) is 16.0. The van der Waals surface area contributed by atoms with Crippen LogP contribution in [0.25, 0.3) is 11.1 Å². The predicted molar refractivity (Wildman–Crippen MR) is 138 cm³/mol. The Morgan fingerprint density at radius 3 is 2.58 bits per heavy atom. The van der Waals surface area contributed by atoms with Crippen LogP contribution in [-0.2, 0) is 11.3 Å². The molecule has 4 aromatic rings. The lowest BCUT2D eigenvalue weighted by atomic mass is 10.0. The fraction of sp³-hybridized carbons (Fsp3) is 0.125. The predicted octanol–water partition coefficient (Wildman–Crippen LogP) is 6.22. The molecule has 0 bridgehead atoms. The summed E-state index contributed by atoms with van der Waals surface area (Å²) in [5.41, 5.74) is 3.21. The number of halogens is 1. The molecule has 0 aliphatic carbocycles. The van der Waals surface area contributed by atoms with E-state index in [9.17, 15) is 4.79 Å². The van der Waals surface area contributed by atoms with Crippen LogP contribution in [0.4, 0.5) is 10.8 Å². The summed E-state index contributed by atoms with van der Waals surface area (Å²) in [5.74, 6) is 0.156. The highest BCUT2D eigenvalue weighted by Gasteiger charge is 2.24. The minimum absolute atomic E-state index is 0.323. The van der Waals surface area contributed by atoms with Crippen LogP contribution < -0.4 is 10.6 Å². The zero-order valence-electron chi connectivity index (χ0n) is 18.0. The number of thiophene rings is 1. The van der Waals surface area contributed by atoms with Crippen LogP contribution in [0.15, 0.2) is 66.9 Å². The zero-order chi connectivity index (χ0) is 23.4. The summed E-state index contributed by atoms with van der Waals surface area (Å²) in [6, 6.07) is 19.2. The van der Waals surface area contributed by atoms with Crippen LogP contribution in [0, 0.1) is 6.92 Å². The van der Waals surface area contributed by atoms with Gasteiger partial charge in [0.1, 0.15) is 10.6 Å². The van der Waals surface area contributed by atoms with Crippen LogP contribution in [0.1, 0.15) is 20.8 Å². The van der Waals surface area contributed by atoms with Gasteiger partial charge in [-0.3, -0.25) is 4.68 Å². The molecule has 168 valence electrons. The molecule has 0 saturated heterocycles. The van der Waals surface area contributed by atoms with E-state index >= 15 is 0 Å². The SMILES string of the molecule is COC(=O)c1c(NC(=S)Nc2ccn(Cc3ccccc3Cl)n2)sc(C)c1-c1ccccc1. The van der Waals surface area contributed by atoms with Gasteiger partial charge in [-0.2, -0.15) is 5.10 Å². The number of hydrogen-bond donors (Lipinski definition) is 2. The lowest BCUT2D eigenvalue weighted by Gasteiger charge is -2.10. The highest BCUT2D eigenvalue weighted by atomic mass is 35.5. The largest absolute Gasteiger partial charge is 0.465 e. The second-order valence-electron chi connectivity index (χ2n) is 7.16. The first-order valence-electron chi connectivity index (χ1n) is 10.1. The van der Waals surface area contributed by atoms with Crippen molar-refractivity contribution in [2.45, 2.75) is 13.5 Å². The second kappa shape index (κ2) is 10.2. The maximum absolute atomic E-state index is 12.6. The van der Waals surface area contributed by atoms with Gasteiger partial charge in [0.2, 0.25) is 0 Å². The molecule has 0 fully saturated rings. The number of carbonyl (C=O) groups excluding carboxylic acids is 1. The van der Waals surface area contributed by atoms with Crippen molar-refractivity contribution in [2.24, 2.45) is 0 Å². The van der Waals surface area contributed by atoms with Gasteiger partial charge in [-0.05, 0) is 36.3 Å². The molecule has 2 N–H and O–H groups in total. The van der Waals surface area contributed by atoms with Crippen molar-refractivity contribution >= 4 is 57.1 Å². The van der Waals surface area contributed by atoms with Crippen LogP contribution >= 0.6 is 35.2 Å². The third kappa shape index (κ3) is 5.24. The van der Waals surface area contributed by atoms with Gasteiger partial charge in [0.15, 0.2) is 10.9 Å². The van der Waals surface area contributed by atoms with Crippen molar-refractivity contribution in [1.29, 1.82) is 0 Å². The van der Waals surface area contributed by atoms with Gasteiger partial charge in [-0.25, -0.2) is 4.79 Å². The summed E-state index contributed by atoms with van der Waals surface area (Å²) in [5, 5.41) is 12.4. The number of benzene rings is 2. The van der Waals surface area contributed by atoms with Crippen molar-refractivity contribution in [2.75, 3.05) is 17.7 Å². The monoisotopic (exact) mass is 496 g/mol. The standard InChI is InChI=1S/C24H21ClN4O2S2/c1-15-20(16-8-4-3-5-9-16)21(23(30)31-2)22(33-15)27-24(32)26-19-12-13-29(28-19)14-17-10-6-7-11-18(17)25/h3-13H,14H2,1-2H3,(H2,26,27,28,32). The molecule has 33 heavy (non-hydrogen) atoms. The molecule has 4 rings (SSSR count). The molecular formula is C24H21ClN4O2S2. The number of esters is 1. The number of thiocarbonyl (C=S) groups is 1. The van der Waals surface area contributed by atoms with Gasteiger partial charge < -0.3 is 15.4 Å². The highest BCUT2D eigenvalue weighted by Crippen LogP contribution is 2.40. The van der Waals surface area contributed by atoms with Crippen LogP contribution in [-0.4, -0.2) is 28.0 Å². The van der Waals surface area contributed by atoms with E-state index < -0.39 is 5.97 Å². The normalized spacial score (nSPS) is 10.6. The van der Waals surface area contributed by atoms with E-state index in [1.54, 1.807) is 4.68 Å². The molecule has 2 aromatic carbocycles. The zero-order valence-corrected chi connectivity index (χ0v) is 20.4. The van der Waals surface area contributed by atoms with E-state index in [1.165, 1.54) is 18.4 Å². The molecule has 0 spiro atoms. The minimum atomic E-state index is -0.424. The maximum atomic E-state index is 12.6. The molecule has 0 radical (unpaired) electrons. The van der Waals surface area contributed by atoms with E-state index in [-0.39, 0.29) is 0 Å². The Kier molecular flexibility index (Phi) is 7.08. The van der Waals surface area contributed by atoms with Gasteiger partial charge in [-0.15, -0.1) is 11.3 Å². The topological polar surface area (TPSA) is 68.2 Å². The van der Waals surface area contributed by atoms with E-state index in [0.717, 1.165) is 21.6 Å². The summed E-state index contributed by atoms with van der Waals surface area (Å²) >= 11 is 13.2. The minimum Gasteiger partial charge on any atom is -0.465 e. The Morgan fingerprint density at radius 2 is 1.85 bits per heavy atom. The number of anilines is 2. The molecule has 9 heteroatoms. The molecule has 2 aromatic heterocycles. The third-order valence-corrected chi connectivity index (χ3v) is 6.53. The molecule has 0 aliphatic heterocycles. The number of nitrogens with zero attached hydrogens (tertiary/aromatic N) is 2. The number of aromatic nitrogens is 2. The molecule has 2 heterocycles. The highest BCUT2D eigenvalue weighted by molar-refractivity contribution is 7.80. The summed E-state index contributed by atoms with van der Waals surface area (Å²) in [6.45, 7) is 2.51. The van der Waals surface area contributed by atoms with E-state index in [4.69, 9.17) is 28.6 Å². The average molecular weight is 497 g/mol. The number of rotatable bonds is 6. The number of nitrogens with one attached hydrogen (secondary N) is 2. The van der Waals surface area contributed by atoms with Crippen molar-refractivity contribution in [1.82, 2.24) is 9.78 Å². The second-order valence-corrected chi connectivity index (χ2v) is 9.20. The summed E-state index contributed by atoms with van der Waals surface area (Å²) < 4.78 is 6.83. The van der Waals surface area contributed by atoms with E-state index in [0.29, 0.717) is 33.1 Å². The number of carbonyl (C=O) groups is 1. The first-order valence-corrected chi connectivity index (χ1v) is 11.7. The smallest absolute Gasteiger partial charge is 0.341 e. The van der Waals surface area contributed by atoms with Gasteiger partial charge in [0.05, 0.1) is 13.7 Å². The van der Waals surface area contributed by atoms with Crippen molar-refractivity contribution in [3.05, 3.63) is 87.9 Å². The molecule has 6 nitrogen and oxygen atoms in total. The number of aryl methyl sites for hydroxylation is 1. The summed E-state index contributed by atoms with van der Waals surface area (Å²) in [4.78, 5) is 13.6. The van der Waals surface area contributed by atoms with Crippen LogP contribution in [0.3, 0.4) is 0 Å². The van der Waals surface area contributed by atoms with Crippen LogP contribution in [0.5, 0.6) is 0 Å². The van der Waals surface area contributed by atoms with Gasteiger partial charge in [-0.1, -0.05) is 60.1 Å². The molecular weight excluding hydrogens is 476 g/mol. The lowest BCUT2D eigenvalue weighted by Crippen LogP contribution is -2.20. The molecule has 0 amide bonds. The van der Waals surface area contributed by atoms with E-state index in [2.05, 4.69) is 15.7 Å². The molecule has 0 saturated carbocycles. The lowest BCUT2D eigenvalue weighted by molar-refractivity contribution is 0.0603. The van der Waals surface area contributed by atoms with Crippen molar-refractivity contribution in [3.8, 4) is 11.1 Å². The van der Waals surface area contributed by atoms with Crippen molar-refractivity contribution < 1.29 is 9.53 Å². The fourth-order valence-corrected chi connectivity index (χ4v) is 4.99. The van der Waals surface area contributed by atoms with Gasteiger partial charge in [0, 0.05) is 27.7 Å². The first kappa shape index (κ1) is 23.0. The number of hydrogen-bond acceptors (Lipinski definition) is 5. The van der Waals surface area contributed by atoms with Crippen molar-refractivity contribution in [3.63, 3.8) is 0 Å². The number of methoxy groups -OCH3 is 1. The van der Waals surface area contributed by atoms with E-state index in [1.807, 2.05) is 73.8 Å². The Balaban J connectivity index is 1.52. The average Bonchev–Trinajstić information content (AvgIpc) is 3.38. The Bertz CT molecular complexity index is 1300. The van der Waals surface area contributed by atoms with Gasteiger partial charge in [0.25, 0.3) is 0 Å². The maximum Gasteiger partial charge on any atom is 0.341 e. The Labute approximate surface area is 206 Å². The van der Waals surface area contributed by atoms with Crippen LogP contribution in [0.2, 0.25) is 5.02 Å². The Morgan fingerprint density at radius 1 is 1.12 bits per heavy atom. The Hall–Kier alpha value is -3.20. The number of ether oxygens (including phenoxy) is 1. The quantitative estimate of drug-likeness (QED) is 0.244. The summed E-state index contributed by atoms with van der Waals surface area (Å²) in [6.07, 6.45) is 1.84. The van der Waals surface area contributed by atoms with Gasteiger partial charge >= 0.3 is 5.97 Å². The third-order valence-electron chi connectivity index (χ3n) is 4.94. The molecule has 0 aliphatic rings.